The van der Waals surface area contributed by atoms with Crippen molar-refractivity contribution in [2.45, 2.75) is 39.3 Å². The van der Waals surface area contributed by atoms with Gasteiger partial charge in [-0.15, -0.1) is 11.3 Å². The standard InChI is InChI=1S/C17H19NS/c1-11-12(2)19-16-7-8-18-10-14-6-4-3-5-13(14)9-15(18)17(11)16/h3-6,15H,7-10H2,1-2H3. The summed E-state index contributed by atoms with van der Waals surface area (Å²) in [5.74, 6) is 0. The van der Waals surface area contributed by atoms with Crippen molar-refractivity contribution in [2.24, 2.45) is 0 Å². The molecule has 0 fully saturated rings. The van der Waals surface area contributed by atoms with Crippen LogP contribution in [0.25, 0.3) is 0 Å². The largest absolute Gasteiger partial charge is 0.291 e. The molecule has 1 unspecified atom stereocenters. The second-order valence-corrected chi connectivity index (χ2v) is 7.14. The lowest BCUT2D eigenvalue weighted by molar-refractivity contribution is 0.162. The first-order valence-electron chi connectivity index (χ1n) is 7.13. The zero-order valence-corrected chi connectivity index (χ0v) is 12.4. The molecule has 0 saturated heterocycles. The highest BCUT2D eigenvalue weighted by Gasteiger charge is 2.34. The Morgan fingerprint density at radius 3 is 2.79 bits per heavy atom. The molecular formula is C17H19NS. The lowest BCUT2D eigenvalue weighted by Crippen LogP contribution is -2.39. The molecule has 1 nitrogen and oxygen atoms in total. The predicted molar refractivity (Wildman–Crippen MR) is 80.8 cm³/mol. The number of aryl methyl sites for hydroxylation is 1. The summed E-state index contributed by atoms with van der Waals surface area (Å²) in [6.07, 6.45) is 2.44. The maximum absolute atomic E-state index is 2.68. The number of fused-ring (bicyclic) bond motifs is 4. The van der Waals surface area contributed by atoms with Crippen LogP contribution in [-0.2, 0) is 19.4 Å². The van der Waals surface area contributed by atoms with Crippen LogP contribution in [0.1, 0.15) is 38.0 Å². The molecule has 2 aliphatic heterocycles. The Balaban J connectivity index is 1.82. The second-order valence-electron chi connectivity index (χ2n) is 5.83. The van der Waals surface area contributed by atoms with Gasteiger partial charge in [-0.1, -0.05) is 24.3 Å². The third-order valence-corrected chi connectivity index (χ3v) is 6.10. The number of nitrogens with zero attached hydrogens (tertiary/aromatic N) is 1. The van der Waals surface area contributed by atoms with Crippen molar-refractivity contribution in [1.29, 1.82) is 0 Å². The van der Waals surface area contributed by atoms with Crippen LogP contribution in [0.5, 0.6) is 0 Å². The summed E-state index contributed by atoms with van der Waals surface area (Å²) in [6, 6.07) is 9.60. The van der Waals surface area contributed by atoms with E-state index in [9.17, 15) is 0 Å². The van der Waals surface area contributed by atoms with E-state index in [1.165, 1.54) is 29.8 Å². The highest BCUT2D eigenvalue weighted by atomic mass is 32.1. The van der Waals surface area contributed by atoms with Crippen LogP contribution in [0.4, 0.5) is 0 Å². The van der Waals surface area contributed by atoms with Gasteiger partial charge in [-0.3, -0.25) is 4.90 Å². The molecule has 2 aromatic rings. The fraction of sp³-hybridized carbons (Fsp3) is 0.412. The van der Waals surface area contributed by atoms with Crippen LogP contribution >= 0.6 is 11.3 Å². The van der Waals surface area contributed by atoms with Crippen LogP contribution < -0.4 is 0 Å². The zero-order valence-electron chi connectivity index (χ0n) is 11.6. The van der Waals surface area contributed by atoms with E-state index in [4.69, 9.17) is 0 Å². The van der Waals surface area contributed by atoms with E-state index in [0.717, 1.165) is 6.54 Å². The van der Waals surface area contributed by atoms with Gasteiger partial charge in [0.15, 0.2) is 0 Å². The van der Waals surface area contributed by atoms with Crippen LogP contribution in [0.2, 0.25) is 0 Å². The molecule has 1 aromatic heterocycles. The van der Waals surface area contributed by atoms with Gasteiger partial charge in [0.25, 0.3) is 0 Å². The molecule has 0 amide bonds. The predicted octanol–water partition coefficient (Wildman–Crippen LogP) is 4.02. The van der Waals surface area contributed by atoms with Gasteiger partial charge in [-0.05, 0) is 48.9 Å². The highest BCUT2D eigenvalue weighted by Crippen LogP contribution is 2.43. The van der Waals surface area contributed by atoms with Gasteiger partial charge < -0.3 is 0 Å². The van der Waals surface area contributed by atoms with Gasteiger partial charge in [0.05, 0.1) is 0 Å². The van der Waals surface area contributed by atoms with Crippen molar-refractivity contribution in [2.75, 3.05) is 6.54 Å². The average molecular weight is 269 g/mol. The molecule has 4 rings (SSSR count). The molecule has 0 saturated carbocycles. The molecule has 0 aliphatic carbocycles. The van der Waals surface area contributed by atoms with Crippen molar-refractivity contribution in [1.82, 2.24) is 4.90 Å². The molecular weight excluding hydrogens is 250 g/mol. The normalized spacial score (nSPS) is 21.7. The van der Waals surface area contributed by atoms with Gasteiger partial charge in [-0.25, -0.2) is 0 Å². The minimum absolute atomic E-state index is 0.628. The monoisotopic (exact) mass is 269 g/mol. The fourth-order valence-corrected chi connectivity index (χ4v) is 4.90. The number of benzene rings is 1. The molecule has 2 heteroatoms. The first-order chi connectivity index (χ1) is 9.24. The van der Waals surface area contributed by atoms with Gasteiger partial charge in [-0.2, -0.15) is 0 Å². The average Bonchev–Trinajstić information content (AvgIpc) is 2.72. The van der Waals surface area contributed by atoms with Crippen LogP contribution in [0.3, 0.4) is 0 Å². The second kappa shape index (κ2) is 4.19. The van der Waals surface area contributed by atoms with E-state index in [-0.39, 0.29) is 0 Å². The highest BCUT2D eigenvalue weighted by molar-refractivity contribution is 7.12. The summed E-state index contributed by atoms with van der Waals surface area (Å²) < 4.78 is 0. The van der Waals surface area contributed by atoms with Crippen molar-refractivity contribution < 1.29 is 0 Å². The lowest BCUT2D eigenvalue weighted by atomic mass is 9.85. The molecule has 0 radical (unpaired) electrons. The summed E-state index contributed by atoms with van der Waals surface area (Å²) in [5, 5.41) is 0. The number of rotatable bonds is 0. The minimum atomic E-state index is 0.628. The Morgan fingerprint density at radius 1 is 1.16 bits per heavy atom. The van der Waals surface area contributed by atoms with E-state index in [1.54, 1.807) is 21.6 Å². The van der Waals surface area contributed by atoms with E-state index in [2.05, 4.69) is 43.0 Å². The Bertz CT molecular complexity index is 641. The number of hydrogen-bond donors (Lipinski definition) is 0. The molecule has 2 aliphatic rings. The third kappa shape index (κ3) is 1.70. The van der Waals surface area contributed by atoms with E-state index in [1.807, 2.05) is 11.3 Å². The van der Waals surface area contributed by atoms with E-state index < -0.39 is 0 Å². The zero-order chi connectivity index (χ0) is 13.0. The van der Waals surface area contributed by atoms with E-state index in [0.29, 0.717) is 6.04 Å². The molecule has 0 N–H and O–H groups in total. The van der Waals surface area contributed by atoms with Crippen LogP contribution in [0.15, 0.2) is 24.3 Å². The molecule has 0 bridgehead atoms. The fourth-order valence-electron chi connectivity index (χ4n) is 3.68. The Hall–Kier alpha value is -1.12. The van der Waals surface area contributed by atoms with Crippen molar-refractivity contribution >= 4 is 11.3 Å². The number of thiophene rings is 1. The van der Waals surface area contributed by atoms with Crippen molar-refractivity contribution in [3.63, 3.8) is 0 Å². The topological polar surface area (TPSA) is 3.24 Å². The summed E-state index contributed by atoms with van der Waals surface area (Å²) in [7, 11) is 0. The summed E-state index contributed by atoms with van der Waals surface area (Å²) in [5.41, 5.74) is 6.30. The lowest BCUT2D eigenvalue weighted by Gasteiger charge is -2.40. The third-order valence-electron chi connectivity index (χ3n) is 4.81. The summed E-state index contributed by atoms with van der Waals surface area (Å²) in [6.45, 7) is 6.95. The number of hydrogen-bond acceptors (Lipinski definition) is 2. The maximum atomic E-state index is 2.68. The molecule has 19 heavy (non-hydrogen) atoms. The molecule has 3 heterocycles. The quantitative estimate of drug-likeness (QED) is 0.698. The van der Waals surface area contributed by atoms with Gasteiger partial charge >= 0.3 is 0 Å². The molecule has 1 aromatic carbocycles. The van der Waals surface area contributed by atoms with Gasteiger partial charge in [0.1, 0.15) is 0 Å². The SMILES string of the molecule is Cc1sc2c(c1C)C1Cc3ccccc3CN1CC2. The Labute approximate surface area is 118 Å². The first-order valence-corrected chi connectivity index (χ1v) is 7.95. The molecule has 1 atom stereocenters. The molecule has 98 valence electrons. The Kier molecular flexibility index (Phi) is 2.58. The smallest absolute Gasteiger partial charge is 0.0405 e. The van der Waals surface area contributed by atoms with Gasteiger partial charge in [0.2, 0.25) is 0 Å². The maximum Gasteiger partial charge on any atom is 0.0405 e. The first kappa shape index (κ1) is 11.7. The summed E-state index contributed by atoms with van der Waals surface area (Å²) >= 11 is 2.03. The van der Waals surface area contributed by atoms with E-state index >= 15 is 0 Å². The molecule has 0 spiro atoms. The van der Waals surface area contributed by atoms with Crippen LogP contribution in [0, 0.1) is 13.8 Å². The summed E-state index contributed by atoms with van der Waals surface area (Å²) in [4.78, 5) is 5.85. The van der Waals surface area contributed by atoms with Crippen LogP contribution in [-0.4, -0.2) is 11.4 Å². The Morgan fingerprint density at radius 2 is 1.95 bits per heavy atom. The van der Waals surface area contributed by atoms with Crippen molar-refractivity contribution in [3.05, 3.63) is 56.3 Å². The van der Waals surface area contributed by atoms with Crippen molar-refractivity contribution in [3.8, 4) is 0 Å². The van der Waals surface area contributed by atoms with Gasteiger partial charge in [0, 0.05) is 28.9 Å². The minimum Gasteiger partial charge on any atom is -0.291 e.